The van der Waals surface area contributed by atoms with Gasteiger partial charge in [0.25, 0.3) is 0 Å². The minimum Gasteiger partial charge on any atom is -0.353 e. The molecule has 0 saturated carbocycles. The van der Waals surface area contributed by atoms with Crippen LogP contribution in [-0.4, -0.2) is 43.1 Å². The van der Waals surface area contributed by atoms with Gasteiger partial charge in [-0.2, -0.15) is 5.10 Å². The second kappa shape index (κ2) is 9.50. The Bertz CT molecular complexity index is 1760. The number of hydrogen-bond acceptors (Lipinski definition) is 4. The lowest BCUT2D eigenvalue weighted by atomic mass is 10.0. The SMILES string of the molecule is Fc1ccccc1-c1cccc2[nH]c(-c3n[nH]c4ccc(-c5cncc(CN6CCCCC6)c5)nc34)cc12. The first-order chi connectivity index (χ1) is 18.7. The van der Waals surface area contributed by atoms with E-state index in [0.717, 1.165) is 69.8 Å². The highest BCUT2D eigenvalue weighted by atomic mass is 19.1. The highest BCUT2D eigenvalue weighted by Gasteiger charge is 2.17. The van der Waals surface area contributed by atoms with Crippen molar-refractivity contribution in [3.8, 4) is 33.8 Å². The van der Waals surface area contributed by atoms with Crippen LogP contribution >= 0.6 is 0 Å². The van der Waals surface area contributed by atoms with Gasteiger partial charge in [0, 0.05) is 41.0 Å². The maximum Gasteiger partial charge on any atom is 0.135 e. The molecule has 1 saturated heterocycles. The molecule has 0 unspecified atom stereocenters. The van der Waals surface area contributed by atoms with Gasteiger partial charge in [-0.15, -0.1) is 0 Å². The molecule has 2 N–H and O–H groups in total. The lowest BCUT2D eigenvalue weighted by molar-refractivity contribution is 0.220. The van der Waals surface area contributed by atoms with Crippen LogP contribution in [0.3, 0.4) is 0 Å². The fourth-order valence-corrected chi connectivity index (χ4v) is 5.53. The zero-order valence-electron chi connectivity index (χ0n) is 20.9. The van der Waals surface area contributed by atoms with E-state index in [-0.39, 0.29) is 5.82 Å². The molecule has 4 aromatic heterocycles. The Morgan fingerprint density at radius 2 is 1.71 bits per heavy atom. The summed E-state index contributed by atoms with van der Waals surface area (Å²) in [4.78, 5) is 15.5. The number of pyridine rings is 2. The number of piperidine rings is 1. The van der Waals surface area contributed by atoms with Crippen molar-refractivity contribution in [1.29, 1.82) is 0 Å². The number of likely N-dealkylation sites (tertiary alicyclic amines) is 1. The van der Waals surface area contributed by atoms with Crippen LogP contribution in [0, 0.1) is 5.82 Å². The van der Waals surface area contributed by atoms with Crippen LogP contribution in [0.1, 0.15) is 24.8 Å². The number of H-pyrrole nitrogens is 2. The minimum absolute atomic E-state index is 0.240. The third-order valence-electron chi connectivity index (χ3n) is 7.44. The molecule has 0 amide bonds. The summed E-state index contributed by atoms with van der Waals surface area (Å²) in [5, 5.41) is 8.65. The van der Waals surface area contributed by atoms with Crippen LogP contribution in [-0.2, 0) is 6.54 Å². The summed E-state index contributed by atoms with van der Waals surface area (Å²) in [5.74, 6) is -0.240. The number of rotatable bonds is 5. The van der Waals surface area contributed by atoms with Gasteiger partial charge in [0.05, 0.1) is 16.9 Å². The third kappa shape index (κ3) is 4.15. The van der Waals surface area contributed by atoms with Crippen molar-refractivity contribution in [2.75, 3.05) is 13.1 Å². The summed E-state index contributed by atoms with van der Waals surface area (Å²) in [5.41, 5.74) is 8.59. The van der Waals surface area contributed by atoms with Gasteiger partial charge in [-0.05, 0) is 73.5 Å². The van der Waals surface area contributed by atoms with Crippen molar-refractivity contribution in [3.05, 3.63) is 90.5 Å². The van der Waals surface area contributed by atoms with Gasteiger partial charge < -0.3 is 4.98 Å². The fraction of sp³-hybridized carbons (Fsp3) is 0.194. The quantitative estimate of drug-likeness (QED) is 0.267. The summed E-state index contributed by atoms with van der Waals surface area (Å²) in [6.45, 7) is 3.21. The Hall–Kier alpha value is -4.36. The van der Waals surface area contributed by atoms with Gasteiger partial charge in [-0.1, -0.05) is 36.8 Å². The van der Waals surface area contributed by atoms with Crippen molar-refractivity contribution < 1.29 is 4.39 Å². The second-order valence-electron chi connectivity index (χ2n) is 10.0. The molecule has 7 heteroatoms. The zero-order chi connectivity index (χ0) is 25.5. The first kappa shape index (κ1) is 22.8. The Kier molecular flexibility index (Phi) is 5.70. The molecule has 0 aliphatic carbocycles. The van der Waals surface area contributed by atoms with Gasteiger partial charge >= 0.3 is 0 Å². The second-order valence-corrected chi connectivity index (χ2v) is 10.0. The molecular formula is C31H27FN6. The van der Waals surface area contributed by atoms with Crippen molar-refractivity contribution in [2.45, 2.75) is 25.8 Å². The summed E-state index contributed by atoms with van der Waals surface area (Å²) in [6.07, 6.45) is 7.69. The lowest BCUT2D eigenvalue weighted by Gasteiger charge is -2.26. The zero-order valence-corrected chi connectivity index (χ0v) is 20.9. The molecule has 5 heterocycles. The molecule has 6 nitrogen and oxygen atoms in total. The molecule has 0 atom stereocenters. The predicted molar refractivity (Wildman–Crippen MR) is 149 cm³/mol. The number of halogens is 1. The van der Waals surface area contributed by atoms with Gasteiger partial charge in [0.15, 0.2) is 0 Å². The Morgan fingerprint density at radius 3 is 2.61 bits per heavy atom. The van der Waals surface area contributed by atoms with E-state index < -0.39 is 0 Å². The number of fused-ring (bicyclic) bond motifs is 2. The maximum absolute atomic E-state index is 14.6. The van der Waals surface area contributed by atoms with Crippen LogP contribution < -0.4 is 0 Å². The molecule has 1 aliphatic heterocycles. The van der Waals surface area contributed by atoms with E-state index in [9.17, 15) is 4.39 Å². The Morgan fingerprint density at radius 1 is 0.842 bits per heavy atom. The molecule has 6 aromatic rings. The van der Waals surface area contributed by atoms with Crippen LogP contribution in [0.25, 0.3) is 55.7 Å². The van der Waals surface area contributed by atoms with Crippen molar-refractivity contribution in [1.82, 2.24) is 30.0 Å². The van der Waals surface area contributed by atoms with Crippen LogP contribution in [0.4, 0.5) is 4.39 Å². The molecule has 38 heavy (non-hydrogen) atoms. The molecule has 0 spiro atoms. The number of nitrogens with zero attached hydrogens (tertiary/aromatic N) is 4. The first-order valence-electron chi connectivity index (χ1n) is 13.1. The standard InChI is InChI=1S/C31H27FN6/c32-25-9-3-2-7-23(25)22-8-6-10-27-24(22)16-29(34-27)31-30-28(36-37-31)12-11-26(35-30)21-15-20(17-33-18-21)19-38-13-4-1-5-14-38/h2-3,6-12,15-18,34H,1,4-5,13-14,19H2,(H,36,37). The molecule has 0 bridgehead atoms. The molecule has 7 rings (SSSR count). The molecule has 1 fully saturated rings. The van der Waals surface area contributed by atoms with Crippen molar-refractivity contribution >= 4 is 21.9 Å². The Labute approximate surface area is 219 Å². The number of nitrogens with one attached hydrogen (secondary N) is 2. The topological polar surface area (TPSA) is 73.5 Å². The lowest BCUT2D eigenvalue weighted by Crippen LogP contribution is -2.29. The minimum atomic E-state index is -0.240. The highest BCUT2D eigenvalue weighted by molar-refractivity contribution is 6.00. The van der Waals surface area contributed by atoms with Crippen LogP contribution in [0.2, 0.25) is 0 Å². The first-order valence-corrected chi connectivity index (χ1v) is 13.1. The summed E-state index contributed by atoms with van der Waals surface area (Å²) in [7, 11) is 0. The van der Waals surface area contributed by atoms with Gasteiger partial charge in [0.2, 0.25) is 0 Å². The molecular weight excluding hydrogens is 475 g/mol. The van der Waals surface area contributed by atoms with Gasteiger partial charge in [-0.25, -0.2) is 9.37 Å². The van der Waals surface area contributed by atoms with Crippen molar-refractivity contribution in [2.24, 2.45) is 0 Å². The normalized spacial score (nSPS) is 14.4. The summed E-state index contributed by atoms with van der Waals surface area (Å²) in [6, 6.07) is 21.0. The number of benzene rings is 2. The average molecular weight is 503 g/mol. The van der Waals surface area contributed by atoms with E-state index in [2.05, 4.69) is 31.1 Å². The number of aromatic amines is 2. The van der Waals surface area contributed by atoms with Gasteiger partial charge in [-0.3, -0.25) is 15.0 Å². The monoisotopic (exact) mass is 502 g/mol. The Balaban J connectivity index is 1.26. The smallest absolute Gasteiger partial charge is 0.135 e. The highest BCUT2D eigenvalue weighted by Crippen LogP contribution is 2.35. The van der Waals surface area contributed by atoms with E-state index in [4.69, 9.17) is 4.98 Å². The predicted octanol–water partition coefficient (Wildman–Crippen LogP) is 6.96. The summed E-state index contributed by atoms with van der Waals surface area (Å²) >= 11 is 0. The molecule has 1 aliphatic rings. The van der Waals surface area contributed by atoms with Crippen LogP contribution in [0.15, 0.2) is 79.1 Å². The number of aromatic nitrogens is 5. The molecule has 0 radical (unpaired) electrons. The molecule has 188 valence electrons. The average Bonchev–Trinajstić information content (AvgIpc) is 3.58. The van der Waals surface area contributed by atoms with E-state index in [1.165, 1.54) is 30.9 Å². The van der Waals surface area contributed by atoms with Gasteiger partial charge in [0.1, 0.15) is 17.0 Å². The third-order valence-corrected chi connectivity index (χ3v) is 7.44. The summed E-state index contributed by atoms with van der Waals surface area (Å²) < 4.78 is 14.6. The number of hydrogen-bond donors (Lipinski definition) is 2. The van der Waals surface area contributed by atoms with Crippen molar-refractivity contribution in [3.63, 3.8) is 0 Å². The van der Waals surface area contributed by atoms with E-state index in [1.807, 2.05) is 60.9 Å². The van der Waals surface area contributed by atoms with E-state index in [0.29, 0.717) is 5.56 Å². The maximum atomic E-state index is 14.6. The largest absolute Gasteiger partial charge is 0.353 e. The van der Waals surface area contributed by atoms with E-state index in [1.54, 1.807) is 6.07 Å². The van der Waals surface area contributed by atoms with Crippen LogP contribution in [0.5, 0.6) is 0 Å². The molecule has 2 aromatic carbocycles. The van der Waals surface area contributed by atoms with E-state index >= 15 is 0 Å². The fourth-order valence-electron chi connectivity index (χ4n) is 5.53.